The van der Waals surface area contributed by atoms with Crippen LogP contribution in [0.15, 0.2) is 53.7 Å². The predicted molar refractivity (Wildman–Crippen MR) is 143 cm³/mol. The summed E-state index contributed by atoms with van der Waals surface area (Å²) in [7, 11) is 1.57. The Hall–Kier alpha value is -4.23. The quantitative estimate of drug-likeness (QED) is 0.380. The number of alkyl halides is 3. The summed E-state index contributed by atoms with van der Waals surface area (Å²) in [5, 5.41) is 21.3. The molecular formula is C27H27F3N6O4. The fourth-order valence-electron chi connectivity index (χ4n) is 4.82. The smallest absolute Gasteiger partial charge is 0.416 e. The molecule has 0 unspecified atom stereocenters. The highest BCUT2D eigenvalue weighted by molar-refractivity contribution is 6.05. The number of amides is 2. The second-order valence-corrected chi connectivity index (χ2v) is 9.45. The summed E-state index contributed by atoms with van der Waals surface area (Å²) < 4.78 is 45.8. The fraction of sp³-hybridized carbons (Fsp3) is 0.333. The van der Waals surface area contributed by atoms with Crippen LogP contribution in [-0.2, 0) is 6.18 Å². The molecule has 40 heavy (non-hydrogen) atoms. The Balaban J connectivity index is 1.51. The van der Waals surface area contributed by atoms with Gasteiger partial charge in [0.2, 0.25) is 5.88 Å². The number of nitrogens with one attached hydrogen (secondary N) is 1. The first kappa shape index (κ1) is 27.3. The van der Waals surface area contributed by atoms with E-state index in [1.165, 1.54) is 18.3 Å². The highest BCUT2D eigenvalue weighted by atomic mass is 19.4. The molecule has 2 aromatic heterocycles. The molecule has 1 saturated heterocycles. The van der Waals surface area contributed by atoms with E-state index in [0.717, 1.165) is 12.1 Å². The van der Waals surface area contributed by atoms with Gasteiger partial charge in [-0.2, -0.15) is 13.2 Å². The number of rotatable bonds is 7. The Morgan fingerprint density at radius 2 is 2.12 bits per heavy atom. The summed E-state index contributed by atoms with van der Waals surface area (Å²) in [6, 6.07) is 9.10. The maximum absolute atomic E-state index is 13.6. The minimum atomic E-state index is -4.52. The molecule has 1 fully saturated rings. The molecule has 13 heteroatoms. The second kappa shape index (κ2) is 11.1. The SMILES string of the molecule is CN=Cc1cc2c(nc1-c1cccc(C(F)(F)F)c1)N(C(=O)Nc1ccnc(OC[C@@H](O)CO)c1)[C@H]1CCN2C1. The number of fused-ring (bicyclic) bond motifs is 4. The molecule has 2 aliphatic heterocycles. The van der Waals surface area contributed by atoms with Crippen LogP contribution in [-0.4, -0.2) is 77.9 Å². The fourth-order valence-corrected chi connectivity index (χ4v) is 4.82. The maximum atomic E-state index is 13.6. The van der Waals surface area contributed by atoms with Gasteiger partial charge in [-0.05, 0) is 30.7 Å². The highest BCUT2D eigenvalue weighted by Crippen LogP contribution is 2.42. The Kier molecular flexibility index (Phi) is 7.59. The Morgan fingerprint density at radius 1 is 1.30 bits per heavy atom. The molecule has 2 atom stereocenters. The van der Waals surface area contributed by atoms with Gasteiger partial charge in [-0.1, -0.05) is 12.1 Å². The van der Waals surface area contributed by atoms with Gasteiger partial charge in [0.05, 0.1) is 29.6 Å². The third-order valence-corrected chi connectivity index (χ3v) is 6.68. The molecule has 0 aliphatic carbocycles. The number of nitrogens with zero attached hydrogens (tertiary/aromatic N) is 5. The van der Waals surface area contributed by atoms with Crippen molar-refractivity contribution in [2.24, 2.45) is 4.99 Å². The number of aliphatic hydroxyl groups is 2. The first-order valence-electron chi connectivity index (χ1n) is 12.6. The molecule has 210 valence electrons. The Morgan fingerprint density at radius 3 is 2.88 bits per heavy atom. The van der Waals surface area contributed by atoms with E-state index in [1.807, 2.05) is 0 Å². The van der Waals surface area contributed by atoms with Gasteiger partial charge in [0, 0.05) is 55.4 Å². The summed E-state index contributed by atoms with van der Waals surface area (Å²) in [5.41, 5.74) is 1.32. The standard InChI is InChI=1S/C27H27F3N6O4/c1-31-12-17-10-22-25(34-24(17)16-3-2-4-18(9-16)27(28,29)30)36(20-6-8-35(22)13-20)26(39)33-19-5-7-32-23(11-19)40-15-21(38)14-37/h2-5,7,9-12,20-21,37-38H,6,8,13-15H2,1H3,(H,32,33,39)/t20-,21-/m0/s1. The van der Waals surface area contributed by atoms with Crippen LogP contribution in [0.2, 0.25) is 0 Å². The first-order chi connectivity index (χ1) is 19.2. The van der Waals surface area contributed by atoms with Crippen LogP contribution in [0.3, 0.4) is 0 Å². The van der Waals surface area contributed by atoms with Gasteiger partial charge >= 0.3 is 12.2 Å². The summed E-state index contributed by atoms with van der Waals surface area (Å²) in [6.07, 6.45) is -1.94. The summed E-state index contributed by atoms with van der Waals surface area (Å²) in [4.78, 5) is 30.2. The monoisotopic (exact) mass is 556 g/mol. The Labute approximate surface area is 227 Å². The number of hydrogen-bond donors (Lipinski definition) is 3. The van der Waals surface area contributed by atoms with Crippen molar-refractivity contribution in [2.45, 2.75) is 24.7 Å². The van der Waals surface area contributed by atoms with E-state index in [-0.39, 0.29) is 29.8 Å². The number of ether oxygens (including phenoxy) is 1. The summed E-state index contributed by atoms with van der Waals surface area (Å²) in [6.45, 7) is 0.626. The number of anilines is 3. The second-order valence-electron chi connectivity index (χ2n) is 9.45. The lowest BCUT2D eigenvalue weighted by Gasteiger charge is -2.36. The third kappa shape index (κ3) is 5.56. The van der Waals surface area contributed by atoms with Crippen LogP contribution in [0.25, 0.3) is 11.3 Å². The molecule has 3 N–H and O–H groups in total. The molecule has 2 bridgehead atoms. The van der Waals surface area contributed by atoms with Gasteiger partial charge in [0.1, 0.15) is 12.7 Å². The van der Waals surface area contributed by atoms with Crippen molar-refractivity contribution in [1.82, 2.24) is 9.97 Å². The van der Waals surface area contributed by atoms with Crippen molar-refractivity contribution in [3.63, 3.8) is 0 Å². The number of urea groups is 1. The number of aliphatic hydroxyl groups excluding tert-OH is 2. The van der Waals surface area contributed by atoms with Crippen molar-refractivity contribution >= 4 is 29.4 Å². The largest absolute Gasteiger partial charge is 0.475 e. The Bertz CT molecular complexity index is 1430. The van der Waals surface area contributed by atoms with Gasteiger partial charge in [-0.25, -0.2) is 14.8 Å². The predicted octanol–water partition coefficient (Wildman–Crippen LogP) is 3.57. The number of halogens is 3. The molecule has 0 radical (unpaired) electrons. The molecule has 1 aromatic carbocycles. The van der Waals surface area contributed by atoms with E-state index in [4.69, 9.17) is 14.8 Å². The molecule has 10 nitrogen and oxygen atoms in total. The molecule has 3 aromatic rings. The van der Waals surface area contributed by atoms with Crippen LogP contribution < -0.4 is 19.9 Å². The van der Waals surface area contributed by atoms with E-state index in [9.17, 15) is 23.1 Å². The third-order valence-electron chi connectivity index (χ3n) is 6.68. The number of carbonyl (C=O) groups is 1. The van der Waals surface area contributed by atoms with E-state index < -0.39 is 30.5 Å². The van der Waals surface area contributed by atoms with Crippen LogP contribution in [0.4, 0.5) is 35.2 Å². The van der Waals surface area contributed by atoms with Crippen molar-refractivity contribution in [3.05, 3.63) is 59.8 Å². The van der Waals surface area contributed by atoms with Gasteiger partial charge in [0.25, 0.3) is 0 Å². The minimum Gasteiger partial charge on any atom is -0.475 e. The van der Waals surface area contributed by atoms with Crippen molar-refractivity contribution in [3.8, 4) is 17.1 Å². The normalized spacial score (nSPS) is 17.2. The van der Waals surface area contributed by atoms with E-state index >= 15 is 0 Å². The van der Waals surface area contributed by atoms with Crippen LogP contribution in [0.1, 0.15) is 17.5 Å². The van der Waals surface area contributed by atoms with Crippen LogP contribution in [0, 0.1) is 0 Å². The van der Waals surface area contributed by atoms with E-state index in [0.29, 0.717) is 42.3 Å². The van der Waals surface area contributed by atoms with Crippen molar-refractivity contribution < 1.29 is 32.9 Å². The van der Waals surface area contributed by atoms with Gasteiger partial charge in [-0.15, -0.1) is 0 Å². The highest BCUT2D eigenvalue weighted by Gasteiger charge is 2.41. The zero-order valence-electron chi connectivity index (χ0n) is 21.5. The van der Waals surface area contributed by atoms with E-state index in [2.05, 4.69) is 20.2 Å². The maximum Gasteiger partial charge on any atom is 0.416 e. The van der Waals surface area contributed by atoms with Gasteiger partial charge < -0.3 is 25.2 Å². The number of aliphatic imine (C=N–C) groups is 1. The molecule has 2 amide bonds. The lowest BCUT2D eigenvalue weighted by atomic mass is 10.0. The van der Waals surface area contributed by atoms with E-state index in [1.54, 1.807) is 36.4 Å². The van der Waals surface area contributed by atoms with Gasteiger partial charge in [-0.3, -0.25) is 9.89 Å². The molecule has 4 heterocycles. The summed E-state index contributed by atoms with van der Waals surface area (Å²) in [5.74, 6) is 0.480. The molecule has 2 aliphatic rings. The molecule has 0 spiro atoms. The van der Waals surface area contributed by atoms with Crippen LogP contribution >= 0.6 is 0 Å². The topological polar surface area (TPSA) is 123 Å². The zero-order chi connectivity index (χ0) is 28.4. The summed E-state index contributed by atoms with van der Waals surface area (Å²) >= 11 is 0. The first-order valence-corrected chi connectivity index (χ1v) is 12.6. The zero-order valence-corrected chi connectivity index (χ0v) is 21.5. The lowest BCUT2D eigenvalue weighted by Crippen LogP contribution is -2.48. The number of aromatic nitrogens is 2. The lowest BCUT2D eigenvalue weighted by molar-refractivity contribution is -0.137. The van der Waals surface area contributed by atoms with Crippen molar-refractivity contribution in [1.29, 1.82) is 0 Å². The molecule has 5 rings (SSSR count). The van der Waals surface area contributed by atoms with Crippen molar-refractivity contribution in [2.75, 3.05) is 48.5 Å². The minimum absolute atomic E-state index is 0.143. The van der Waals surface area contributed by atoms with Crippen LogP contribution in [0.5, 0.6) is 5.88 Å². The average Bonchev–Trinajstić information content (AvgIpc) is 3.36. The number of pyridine rings is 2. The average molecular weight is 557 g/mol. The molecule has 0 saturated carbocycles. The van der Waals surface area contributed by atoms with Gasteiger partial charge in [0.15, 0.2) is 5.82 Å². The number of hydrogen-bond acceptors (Lipinski definition) is 8. The molecular weight excluding hydrogens is 529 g/mol. The number of carbonyl (C=O) groups excluding carboxylic acids is 1. The number of benzene rings is 1.